The Labute approximate surface area is 151 Å². The molecule has 0 bridgehead atoms. The number of amides is 3. The fourth-order valence-corrected chi connectivity index (χ4v) is 3.09. The SMILES string of the molecule is COc1ccc(CN2C(=O)N[C@@](C)(CCc3ccccc3)C2=O)cc1F. The van der Waals surface area contributed by atoms with Crippen molar-refractivity contribution in [3.63, 3.8) is 0 Å². The van der Waals surface area contributed by atoms with E-state index in [-0.39, 0.29) is 18.2 Å². The molecular formula is C20H21FN2O3. The second kappa shape index (κ2) is 7.15. The van der Waals surface area contributed by atoms with Gasteiger partial charge in [-0.3, -0.25) is 9.69 Å². The number of aryl methyl sites for hydroxylation is 1. The Balaban J connectivity index is 1.71. The lowest BCUT2D eigenvalue weighted by Gasteiger charge is -2.21. The molecule has 3 amide bonds. The van der Waals surface area contributed by atoms with E-state index in [2.05, 4.69) is 5.32 Å². The third-order valence-corrected chi connectivity index (χ3v) is 4.66. The molecule has 1 aliphatic rings. The number of ether oxygens (including phenoxy) is 1. The molecule has 6 heteroatoms. The third-order valence-electron chi connectivity index (χ3n) is 4.66. The average Bonchev–Trinajstić information content (AvgIpc) is 2.85. The minimum Gasteiger partial charge on any atom is -0.494 e. The van der Waals surface area contributed by atoms with Gasteiger partial charge in [0.15, 0.2) is 11.6 Å². The molecule has 0 unspecified atom stereocenters. The van der Waals surface area contributed by atoms with Crippen LogP contribution in [0.4, 0.5) is 9.18 Å². The predicted molar refractivity (Wildman–Crippen MR) is 95.2 cm³/mol. The lowest BCUT2D eigenvalue weighted by Crippen LogP contribution is -2.44. The summed E-state index contributed by atoms with van der Waals surface area (Å²) in [5, 5.41) is 2.78. The minimum atomic E-state index is -0.960. The smallest absolute Gasteiger partial charge is 0.325 e. The topological polar surface area (TPSA) is 58.6 Å². The number of halogens is 1. The zero-order valence-electron chi connectivity index (χ0n) is 14.8. The Morgan fingerprint density at radius 2 is 1.85 bits per heavy atom. The maximum atomic E-state index is 13.9. The van der Waals surface area contributed by atoms with Crippen LogP contribution in [0.3, 0.4) is 0 Å². The number of imide groups is 1. The molecule has 3 rings (SSSR count). The van der Waals surface area contributed by atoms with Gasteiger partial charge in [-0.2, -0.15) is 0 Å². The normalized spacial score (nSPS) is 19.6. The highest BCUT2D eigenvalue weighted by Crippen LogP contribution is 2.26. The van der Waals surface area contributed by atoms with Crippen molar-refractivity contribution in [3.05, 3.63) is 65.5 Å². The van der Waals surface area contributed by atoms with E-state index >= 15 is 0 Å². The van der Waals surface area contributed by atoms with Gasteiger partial charge in [0.25, 0.3) is 5.91 Å². The molecule has 0 aromatic heterocycles. The summed E-state index contributed by atoms with van der Waals surface area (Å²) in [5.74, 6) is -0.697. The first-order chi connectivity index (χ1) is 12.4. The lowest BCUT2D eigenvalue weighted by molar-refractivity contribution is -0.131. The van der Waals surface area contributed by atoms with Crippen LogP contribution >= 0.6 is 0 Å². The van der Waals surface area contributed by atoms with Gasteiger partial charge in [0, 0.05) is 0 Å². The molecule has 0 radical (unpaired) electrons. The highest BCUT2D eigenvalue weighted by atomic mass is 19.1. The van der Waals surface area contributed by atoms with E-state index in [1.54, 1.807) is 13.0 Å². The first kappa shape index (κ1) is 17.9. The minimum absolute atomic E-state index is 0.0203. The zero-order chi connectivity index (χ0) is 18.7. The van der Waals surface area contributed by atoms with Crippen LogP contribution < -0.4 is 10.1 Å². The zero-order valence-corrected chi connectivity index (χ0v) is 14.8. The van der Waals surface area contributed by atoms with Crippen molar-refractivity contribution in [3.8, 4) is 5.75 Å². The summed E-state index contributed by atoms with van der Waals surface area (Å²) in [4.78, 5) is 26.2. The third kappa shape index (κ3) is 3.54. The number of carbonyl (C=O) groups is 2. The molecule has 0 aliphatic carbocycles. The number of methoxy groups -OCH3 is 1. The Kier molecular flexibility index (Phi) is 4.93. The summed E-state index contributed by atoms with van der Waals surface area (Å²) >= 11 is 0. The predicted octanol–water partition coefficient (Wildman–Crippen LogP) is 3.28. The molecule has 1 saturated heterocycles. The molecule has 1 aliphatic heterocycles. The first-order valence-corrected chi connectivity index (χ1v) is 8.43. The second-order valence-electron chi connectivity index (χ2n) is 6.61. The summed E-state index contributed by atoms with van der Waals surface area (Å²) in [7, 11) is 1.38. The van der Waals surface area contributed by atoms with E-state index in [0.29, 0.717) is 18.4 Å². The van der Waals surface area contributed by atoms with Crippen molar-refractivity contribution >= 4 is 11.9 Å². The lowest BCUT2D eigenvalue weighted by atomic mass is 9.93. The Morgan fingerprint density at radius 3 is 2.50 bits per heavy atom. The van der Waals surface area contributed by atoms with Crippen LogP contribution in [-0.4, -0.2) is 29.5 Å². The highest BCUT2D eigenvalue weighted by molar-refractivity contribution is 6.06. The highest BCUT2D eigenvalue weighted by Gasteiger charge is 2.47. The Hall–Kier alpha value is -2.89. The summed E-state index contributed by atoms with van der Waals surface area (Å²) < 4.78 is 18.7. The van der Waals surface area contributed by atoms with E-state index in [0.717, 1.165) is 10.5 Å². The summed E-state index contributed by atoms with van der Waals surface area (Å²) in [6, 6.07) is 13.7. The molecule has 0 spiro atoms. The van der Waals surface area contributed by atoms with Crippen LogP contribution in [0, 0.1) is 5.82 Å². The average molecular weight is 356 g/mol. The van der Waals surface area contributed by atoms with Crippen molar-refractivity contribution in [1.82, 2.24) is 10.2 Å². The van der Waals surface area contributed by atoms with Crippen LogP contribution in [0.5, 0.6) is 5.75 Å². The molecule has 26 heavy (non-hydrogen) atoms. The van der Waals surface area contributed by atoms with E-state index in [4.69, 9.17) is 4.74 Å². The van der Waals surface area contributed by atoms with Crippen molar-refractivity contribution in [2.45, 2.75) is 31.8 Å². The quantitative estimate of drug-likeness (QED) is 0.808. The molecule has 1 fully saturated rings. The maximum absolute atomic E-state index is 13.9. The Morgan fingerprint density at radius 1 is 1.12 bits per heavy atom. The number of urea groups is 1. The maximum Gasteiger partial charge on any atom is 0.325 e. The van der Waals surface area contributed by atoms with Crippen LogP contribution in [-0.2, 0) is 17.8 Å². The fourth-order valence-electron chi connectivity index (χ4n) is 3.09. The van der Waals surface area contributed by atoms with Gasteiger partial charge >= 0.3 is 6.03 Å². The van der Waals surface area contributed by atoms with Crippen LogP contribution in [0.25, 0.3) is 0 Å². The van der Waals surface area contributed by atoms with E-state index < -0.39 is 17.4 Å². The van der Waals surface area contributed by atoms with Gasteiger partial charge in [-0.25, -0.2) is 9.18 Å². The molecule has 2 aromatic rings. The molecule has 1 N–H and O–H groups in total. The van der Waals surface area contributed by atoms with E-state index in [1.807, 2.05) is 30.3 Å². The molecule has 0 saturated carbocycles. The molecule has 136 valence electrons. The standard InChI is InChI=1S/C20H21FN2O3/c1-20(11-10-14-6-4-3-5-7-14)18(24)23(19(25)22-20)13-15-8-9-17(26-2)16(21)12-15/h3-9,12H,10-11,13H2,1-2H3,(H,22,25)/t20-/m0/s1. The van der Waals surface area contributed by atoms with Gasteiger partial charge in [-0.15, -0.1) is 0 Å². The monoisotopic (exact) mass is 356 g/mol. The second-order valence-corrected chi connectivity index (χ2v) is 6.61. The number of benzene rings is 2. The number of nitrogens with one attached hydrogen (secondary N) is 1. The molecule has 1 heterocycles. The summed E-state index contributed by atoms with van der Waals surface area (Å²) in [6.07, 6.45) is 1.17. The van der Waals surface area contributed by atoms with Gasteiger partial charge in [0.05, 0.1) is 13.7 Å². The Bertz CT molecular complexity index is 825. The van der Waals surface area contributed by atoms with Gasteiger partial charge in [-0.1, -0.05) is 36.4 Å². The molecule has 5 nitrogen and oxygen atoms in total. The molecular weight excluding hydrogens is 335 g/mol. The fraction of sp³-hybridized carbons (Fsp3) is 0.300. The van der Waals surface area contributed by atoms with Crippen LogP contribution in [0.15, 0.2) is 48.5 Å². The van der Waals surface area contributed by atoms with E-state index in [9.17, 15) is 14.0 Å². The van der Waals surface area contributed by atoms with Crippen LogP contribution in [0.1, 0.15) is 24.5 Å². The first-order valence-electron chi connectivity index (χ1n) is 8.43. The van der Waals surface area contributed by atoms with Crippen molar-refractivity contribution < 1.29 is 18.7 Å². The van der Waals surface area contributed by atoms with Crippen molar-refractivity contribution in [2.75, 3.05) is 7.11 Å². The van der Waals surface area contributed by atoms with Gasteiger partial charge in [0.1, 0.15) is 5.54 Å². The van der Waals surface area contributed by atoms with Crippen LogP contribution in [0.2, 0.25) is 0 Å². The van der Waals surface area contributed by atoms with Crippen molar-refractivity contribution in [2.24, 2.45) is 0 Å². The molecule has 2 aromatic carbocycles. The van der Waals surface area contributed by atoms with Crippen molar-refractivity contribution in [1.29, 1.82) is 0 Å². The largest absolute Gasteiger partial charge is 0.494 e. The van der Waals surface area contributed by atoms with Gasteiger partial charge in [-0.05, 0) is 43.0 Å². The number of hydrogen-bond donors (Lipinski definition) is 1. The summed E-state index contributed by atoms with van der Waals surface area (Å²) in [6.45, 7) is 1.75. The molecule has 1 atom stereocenters. The number of nitrogens with zero attached hydrogens (tertiary/aromatic N) is 1. The van der Waals surface area contributed by atoms with E-state index in [1.165, 1.54) is 19.2 Å². The van der Waals surface area contributed by atoms with Gasteiger partial charge < -0.3 is 10.1 Å². The summed E-state index contributed by atoms with van der Waals surface area (Å²) in [5.41, 5.74) is 0.670. The number of rotatable bonds is 6. The van der Waals surface area contributed by atoms with Gasteiger partial charge in [0.2, 0.25) is 0 Å². The number of hydrogen-bond acceptors (Lipinski definition) is 3. The number of carbonyl (C=O) groups excluding carboxylic acids is 2.